The summed E-state index contributed by atoms with van der Waals surface area (Å²) in [7, 11) is 0. The van der Waals surface area contributed by atoms with Crippen LogP contribution >= 0.6 is 11.3 Å². The van der Waals surface area contributed by atoms with E-state index < -0.39 is 0 Å². The molecule has 0 amide bonds. The summed E-state index contributed by atoms with van der Waals surface area (Å²) in [6.45, 7) is 3.52. The zero-order valence-corrected chi connectivity index (χ0v) is 9.97. The van der Waals surface area contributed by atoms with Crippen molar-refractivity contribution in [3.63, 3.8) is 0 Å². The van der Waals surface area contributed by atoms with Crippen molar-refractivity contribution in [3.8, 4) is 10.4 Å². The topological polar surface area (TPSA) is 56.0 Å². The van der Waals surface area contributed by atoms with Gasteiger partial charge in [0.25, 0.3) is 0 Å². The van der Waals surface area contributed by atoms with Crippen LogP contribution in [-0.4, -0.2) is 10.8 Å². The lowest BCUT2D eigenvalue weighted by atomic mass is 10.1. The second kappa shape index (κ2) is 4.06. The molecule has 0 spiro atoms. The molecule has 0 saturated carbocycles. The Labute approximate surface area is 97.9 Å². The molecule has 16 heavy (non-hydrogen) atoms. The highest BCUT2D eigenvalue weighted by molar-refractivity contribution is 7.19. The molecule has 1 heterocycles. The van der Waals surface area contributed by atoms with Crippen molar-refractivity contribution in [3.05, 3.63) is 35.5 Å². The molecule has 2 N–H and O–H groups in total. The van der Waals surface area contributed by atoms with Crippen molar-refractivity contribution in [1.29, 1.82) is 0 Å². The van der Waals surface area contributed by atoms with E-state index in [1.54, 1.807) is 0 Å². The number of aryl methyl sites for hydroxylation is 1. The fourth-order valence-electron chi connectivity index (χ4n) is 1.59. The minimum Gasteiger partial charge on any atom is -0.375 e. The third-order valence-electron chi connectivity index (χ3n) is 2.37. The number of Topliss-reactive ketones (excluding diaryl/α,β-unsaturated/α-hetero) is 1. The van der Waals surface area contributed by atoms with E-state index in [2.05, 4.69) is 4.98 Å². The van der Waals surface area contributed by atoms with Gasteiger partial charge < -0.3 is 5.73 Å². The van der Waals surface area contributed by atoms with Gasteiger partial charge in [-0.2, -0.15) is 0 Å². The predicted molar refractivity (Wildman–Crippen MR) is 66.7 cm³/mol. The van der Waals surface area contributed by atoms with Gasteiger partial charge in [-0.3, -0.25) is 4.79 Å². The lowest BCUT2D eigenvalue weighted by Gasteiger charge is -2.03. The molecule has 0 atom stereocenters. The van der Waals surface area contributed by atoms with Crippen LogP contribution in [0.4, 0.5) is 5.13 Å². The van der Waals surface area contributed by atoms with Gasteiger partial charge in [0.2, 0.25) is 0 Å². The van der Waals surface area contributed by atoms with Gasteiger partial charge in [-0.25, -0.2) is 4.98 Å². The van der Waals surface area contributed by atoms with Crippen molar-refractivity contribution in [2.75, 3.05) is 5.73 Å². The van der Waals surface area contributed by atoms with Gasteiger partial charge >= 0.3 is 0 Å². The molecule has 0 unspecified atom stereocenters. The van der Waals surface area contributed by atoms with Crippen LogP contribution in [0.3, 0.4) is 0 Å². The number of hydrogen-bond acceptors (Lipinski definition) is 4. The number of thiazole rings is 1. The Bertz CT molecular complexity index is 546. The Morgan fingerprint density at radius 1 is 1.38 bits per heavy atom. The van der Waals surface area contributed by atoms with Gasteiger partial charge in [0.05, 0.1) is 4.88 Å². The Balaban J connectivity index is 2.64. The van der Waals surface area contributed by atoms with Gasteiger partial charge in [-0.05, 0) is 18.1 Å². The fraction of sp³-hybridized carbons (Fsp3) is 0.167. The van der Waals surface area contributed by atoms with Crippen LogP contribution in [-0.2, 0) is 0 Å². The first-order valence-electron chi connectivity index (χ1n) is 4.93. The van der Waals surface area contributed by atoms with Crippen molar-refractivity contribution < 1.29 is 4.79 Å². The summed E-state index contributed by atoms with van der Waals surface area (Å²) in [5.74, 6) is -0.0498. The van der Waals surface area contributed by atoms with E-state index in [1.807, 2.05) is 31.2 Å². The average molecular weight is 232 g/mol. The number of benzene rings is 1. The molecular formula is C12H12N2OS. The molecule has 0 aliphatic rings. The van der Waals surface area contributed by atoms with Crippen LogP contribution in [0.2, 0.25) is 0 Å². The first-order valence-corrected chi connectivity index (χ1v) is 5.74. The van der Waals surface area contributed by atoms with E-state index in [1.165, 1.54) is 18.3 Å². The summed E-state index contributed by atoms with van der Waals surface area (Å²) in [5, 5.41) is 0.434. The van der Waals surface area contributed by atoms with Crippen molar-refractivity contribution in [2.45, 2.75) is 13.8 Å². The van der Waals surface area contributed by atoms with Gasteiger partial charge in [-0.15, -0.1) is 0 Å². The smallest absolute Gasteiger partial charge is 0.181 e. The molecule has 82 valence electrons. The van der Waals surface area contributed by atoms with E-state index in [0.29, 0.717) is 10.8 Å². The molecule has 2 aromatic rings. The van der Waals surface area contributed by atoms with Gasteiger partial charge in [-0.1, -0.05) is 35.6 Å². The number of nitrogen functional groups attached to an aromatic ring is 1. The number of carbonyl (C=O) groups excluding carboxylic acids is 1. The van der Waals surface area contributed by atoms with Crippen molar-refractivity contribution >= 4 is 22.3 Å². The van der Waals surface area contributed by atoms with E-state index in [-0.39, 0.29) is 5.78 Å². The van der Waals surface area contributed by atoms with Crippen LogP contribution in [0.15, 0.2) is 24.3 Å². The first-order chi connectivity index (χ1) is 7.59. The number of carbonyl (C=O) groups is 1. The highest BCUT2D eigenvalue weighted by Crippen LogP contribution is 2.33. The molecule has 0 saturated heterocycles. The normalized spacial score (nSPS) is 10.4. The zero-order chi connectivity index (χ0) is 11.7. The molecule has 0 fully saturated rings. The molecule has 0 aliphatic carbocycles. The van der Waals surface area contributed by atoms with Crippen molar-refractivity contribution in [2.24, 2.45) is 0 Å². The molecule has 2 rings (SSSR count). The average Bonchev–Trinajstić information content (AvgIpc) is 2.61. The fourth-order valence-corrected chi connectivity index (χ4v) is 2.56. The maximum atomic E-state index is 11.5. The molecule has 1 aromatic heterocycles. The SMILES string of the molecule is CC(=O)c1nc(N)sc1-c1ccccc1C. The quantitative estimate of drug-likeness (QED) is 0.810. The lowest BCUT2D eigenvalue weighted by molar-refractivity contribution is 0.101. The summed E-state index contributed by atoms with van der Waals surface area (Å²) in [6, 6.07) is 7.91. The van der Waals surface area contributed by atoms with Crippen molar-refractivity contribution in [1.82, 2.24) is 4.98 Å². The van der Waals surface area contributed by atoms with Crippen LogP contribution in [0.5, 0.6) is 0 Å². The summed E-state index contributed by atoms with van der Waals surface area (Å²) >= 11 is 1.36. The molecule has 0 radical (unpaired) electrons. The van der Waals surface area contributed by atoms with E-state index in [9.17, 15) is 4.79 Å². The number of hydrogen-bond donors (Lipinski definition) is 1. The van der Waals surface area contributed by atoms with Crippen LogP contribution < -0.4 is 5.73 Å². The third kappa shape index (κ3) is 1.84. The van der Waals surface area contributed by atoms with Crippen LogP contribution in [0, 0.1) is 6.92 Å². The minimum atomic E-state index is -0.0498. The molecule has 0 aliphatic heterocycles. The highest BCUT2D eigenvalue weighted by Gasteiger charge is 2.16. The van der Waals surface area contributed by atoms with E-state index in [0.717, 1.165) is 16.0 Å². The summed E-state index contributed by atoms with van der Waals surface area (Å²) in [5.41, 5.74) is 8.28. The number of rotatable bonds is 2. The molecular weight excluding hydrogens is 220 g/mol. The number of nitrogens with zero attached hydrogens (tertiary/aromatic N) is 1. The lowest BCUT2D eigenvalue weighted by Crippen LogP contribution is -1.96. The number of nitrogens with two attached hydrogens (primary N) is 1. The van der Waals surface area contributed by atoms with Gasteiger partial charge in [0, 0.05) is 6.92 Å². The van der Waals surface area contributed by atoms with E-state index in [4.69, 9.17) is 5.73 Å². The highest BCUT2D eigenvalue weighted by atomic mass is 32.1. The van der Waals surface area contributed by atoms with Gasteiger partial charge in [0.15, 0.2) is 10.9 Å². The maximum absolute atomic E-state index is 11.5. The molecule has 0 bridgehead atoms. The summed E-state index contributed by atoms with van der Waals surface area (Å²) < 4.78 is 0. The Morgan fingerprint density at radius 2 is 2.06 bits per heavy atom. The third-order valence-corrected chi connectivity index (χ3v) is 3.28. The Morgan fingerprint density at radius 3 is 2.69 bits per heavy atom. The van der Waals surface area contributed by atoms with Crippen LogP contribution in [0.1, 0.15) is 23.0 Å². The second-order valence-corrected chi connectivity index (χ2v) is 4.63. The Hall–Kier alpha value is -1.68. The molecule has 1 aromatic carbocycles. The second-order valence-electron chi connectivity index (χ2n) is 3.60. The minimum absolute atomic E-state index is 0.0498. The number of anilines is 1. The standard InChI is InChI=1S/C12H12N2OS/c1-7-5-3-4-6-9(7)11-10(8(2)15)14-12(13)16-11/h3-6H,1-2H3,(H2,13,14). The predicted octanol–water partition coefficient (Wildman–Crippen LogP) is 2.90. The number of ketones is 1. The zero-order valence-electron chi connectivity index (χ0n) is 9.15. The summed E-state index contributed by atoms with van der Waals surface area (Å²) in [4.78, 5) is 16.4. The monoisotopic (exact) mass is 232 g/mol. The molecule has 4 heteroatoms. The maximum Gasteiger partial charge on any atom is 0.181 e. The Kier molecular flexibility index (Phi) is 2.75. The van der Waals surface area contributed by atoms with Gasteiger partial charge in [0.1, 0.15) is 5.69 Å². The number of aromatic nitrogens is 1. The van der Waals surface area contributed by atoms with E-state index >= 15 is 0 Å². The van der Waals surface area contributed by atoms with Crippen LogP contribution in [0.25, 0.3) is 10.4 Å². The first kappa shape index (κ1) is 10.8. The summed E-state index contributed by atoms with van der Waals surface area (Å²) in [6.07, 6.45) is 0. The largest absolute Gasteiger partial charge is 0.375 e. The molecule has 3 nitrogen and oxygen atoms in total.